The van der Waals surface area contributed by atoms with Crippen LogP contribution in [0.4, 0.5) is 15.0 Å². The van der Waals surface area contributed by atoms with E-state index in [9.17, 15) is 9.18 Å². The standard InChI is InChI=1S/C28H26BrFN4O2/c29-26-12-10-25-24(32-26)11-13-27(33-25)34-15-14-21(22-8-4-5-9-23(22)30)20(17-34)16-31-28(35)36-18-19-6-2-1-3-7-19/h1-13,20-21H,14-18H2,(H,31,35)/t20-,21+/m1/s1. The van der Waals surface area contributed by atoms with Gasteiger partial charge in [-0.1, -0.05) is 48.5 Å². The predicted octanol–water partition coefficient (Wildman–Crippen LogP) is 6.07. The molecule has 0 spiro atoms. The number of fused-ring (bicyclic) bond motifs is 1. The Kier molecular flexibility index (Phi) is 7.41. The molecule has 5 rings (SSSR count). The van der Waals surface area contributed by atoms with Crippen LogP contribution in [-0.4, -0.2) is 35.7 Å². The monoisotopic (exact) mass is 548 g/mol. The maximum atomic E-state index is 14.7. The summed E-state index contributed by atoms with van der Waals surface area (Å²) >= 11 is 3.40. The molecule has 3 heterocycles. The molecule has 1 saturated heterocycles. The number of nitrogens with one attached hydrogen (secondary N) is 1. The molecule has 1 fully saturated rings. The summed E-state index contributed by atoms with van der Waals surface area (Å²) in [4.78, 5) is 23.9. The first-order chi connectivity index (χ1) is 17.6. The number of benzene rings is 2. The van der Waals surface area contributed by atoms with Crippen LogP contribution in [0.25, 0.3) is 11.0 Å². The summed E-state index contributed by atoms with van der Waals surface area (Å²) < 4.78 is 20.9. The second kappa shape index (κ2) is 11.0. The fourth-order valence-corrected chi connectivity index (χ4v) is 5.09. The molecule has 0 aliphatic carbocycles. The normalized spacial score (nSPS) is 17.7. The van der Waals surface area contributed by atoms with E-state index >= 15 is 0 Å². The molecule has 1 aliphatic rings. The minimum absolute atomic E-state index is 0.0273. The molecule has 2 aromatic carbocycles. The molecular weight excluding hydrogens is 523 g/mol. The minimum atomic E-state index is -0.483. The number of carbonyl (C=O) groups is 1. The van der Waals surface area contributed by atoms with Gasteiger partial charge in [0.25, 0.3) is 0 Å². The number of carbonyl (C=O) groups excluding carboxylic acids is 1. The largest absolute Gasteiger partial charge is 0.445 e. The first-order valence-corrected chi connectivity index (χ1v) is 12.7. The zero-order chi connectivity index (χ0) is 24.9. The Labute approximate surface area is 217 Å². The molecule has 1 aliphatic heterocycles. The van der Waals surface area contributed by atoms with Crippen LogP contribution in [0.5, 0.6) is 0 Å². The van der Waals surface area contributed by atoms with E-state index in [0.29, 0.717) is 18.7 Å². The van der Waals surface area contributed by atoms with Gasteiger partial charge in [-0.3, -0.25) is 0 Å². The smallest absolute Gasteiger partial charge is 0.407 e. The number of piperidine rings is 1. The predicted molar refractivity (Wildman–Crippen MR) is 141 cm³/mol. The van der Waals surface area contributed by atoms with Crippen molar-refractivity contribution in [2.45, 2.75) is 18.9 Å². The van der Waals surface area contributed by atoms with Crippen molar-refractivity contribution >= 4 is 38.9 Å². The quantitative estimate of drug-likeness (QED) is 0.296. The highest BCUT2D eigenvalue weighted by Gasteiger charge is 2.33. The van der Waals surface area contributed by atoms with Crippen LogP contribution in [0.1, 0.15) is 23.5 Å². The highest BCUT2D eigenvalue weighted by molar-refractivity contribution is 9.10. The summed E-state index contributed by atoms with van der Waals surface area (Å²) in [6.45, 7) is 1.92. The van der Waals surface area contributed by atoms with Gasteiger partial charge in [-0.2, -0.15) is 0 Å². The average molecular weight is 549 g/mol. The average Bonchev–Trinajstić information content (AvgIpc) is 2.91. The number of hydrogen-bond donors (Lipinski definition) is 1. The lowest BCUT2D eigenvalue weighted by Gasteiger charge is -2.39. The molecule has 0 bridgehead atoms. The Morgan fingerprint density at radius 3 is 2.58 bits per heavy atom. The summed E-state index contributed by atoms with van der Waals surface area (Å²) in [5.41, 5.74) is 3.23. The first kappa shape index (κ1) is 24.2. The molecule has 0 radical (unpaired) electrons. The Morgan fingerprint density at radius 2 is 1.75 bits per heavy atom. The van der Waals surface area contributed by atoms with E-state index in [4.69, 9.17) is 9.72 Å². The number of amides is 1. The number of alkyl carbamates (subject to hydrolysis) is 1. The van der Waals surface area contributed by atoms with Crippen molar-refractivity contribution < 1.29 is 13.9 Å². The van der Waals surface area contributed by atoms with Crippen LogP contribution in [0, 0.1) is 11.7 Å². The maximum absolute atomic E-state index is 14.7. The van der Waals surface area contributed by atoms with Crippen LogP contribution in [0.15, 0.2) is 83.5 Å². The van der Waals surface area contributed by atoms with Crippen molar-refractivity contribution in [2.75, 3.05) is 24.5 Å². The van der Waals surface area contributed by atoms with Crippen LogP contribution in [-0.2, 0) is 11.3 Å². The van der Waals surface area contributed by atoms with Gasteiger partial charge in [0.2, 0.25) is 0 Å². The molecule has 1 N–H and O–H groups in total. The Bertz CT molecular complexity index is 1350. The molecule has 36 heavy (non-hydrogen) atoms. The minimum Gasteiger partial charge on any atom is -0.445 e. The zero-order valence-corrected chi connectivity index (χ0v) is 21.2. The van der Waals surface area contributed by atoms with Gasteiger partial charge >= 0.3 is 6.09 Å². The first-order valence-electron chi connectivity index (χ1n) is 11.9. The number of ether oxygens (including phenoxy) is 1. The number of nitrogens with zero attached hydrogens (tertiary/aromatic N) is 3. The van der Waals surface area contributed by atoms with Gasteiger partial charge in [-0.15, -0.1) is 0 Å². The summed E-state index contributed by atoms with van der Waals surface area (Å²) in [6, 6.07) is 24.2. The van der Waals surface area contributed by atoms with Crippen molar-refractivity contribution in [3.63, 3.8) is 0 Å². The highest BCUT2D eigenvalue weighted by atomic mass is 79.9. The van der Waals surface area contributed by atoms with Crippen LogP contribution in [0.2, 0.25) is 0 Å². The number of halogens is 2. The number of hydrogen-bond acceptors (Lipinski definition) is 5. The van der Waals surface area contributed by atoms with Gasteiger partial charge in [0.05, 0.1) is 11.0 Å². The third-order valence-electron chi connectivity index (χ3n) is 6.58. The molecule has 2 atom stereocenters. The molecule has 8 heteroatoms. The van der Waals surface area contributed by atoms with Gasteiger partial charge in [-0.25, -0.2) is 19.2 Å². The van der Waals surface area contributed by atoms with E-state index in [1.165, 1.54) is 6.07 Å². The van der Waals surface area contributed by atoms with Crippen molar-refractivity contribution in [3.8, 4) is 0 Å². The van der Waals surface area contributed by atoms with Crippen LogP contribution < -0.4 is 10.2 Å². The molecule has 4 aromatic rings. The molecule has 1 amide bonds. The fourth-order valence-electron chi connectivity index (χ4n) is 4.77. The van der Waals surface area contributed by atoms with E-state index in [2.05, 4.69) is 31.1 Å². The SMILES string of the molecule is O=C(NC[C@@H]1CN(c2ccc3nc(Br)ccc3n2)CC[C@@H]1c1ccccc1F)OCc1ccccc1. The van der Waals surface area contributed by atoms with Crippen molar-refractivity contribution in [1.82, 2.24) is 15.3 Å². The number of anilines is 1. The lowest BCUT2D eigenvalue weighted by atomic mass is 9.80. The van der Waals surface area contributed by atoms with E-state index < -0.39 is 6.09 Å². The van der Waals surface area contributed by atoms with E-state index in [1.54, 1.807) is 6.07 Å². The van der Waals surface area contributed by atoms with Crippen LogP contribution >= 0.6 is 15.9 Å². The lowest BCUT2D eigenvalue weighted by molar-refractivity contribution is 0.137. The van der Waals surface area contributed by atoms with Gasteiger partial charge in [-0.05, 0) is 69.7 Å². The number of pyridine rings is 2. The van der Waals surface area contributed by atoms with E-state index in [-0.39, 0.29) is 24.3 Å². The topological polar surface area (TPSA) is 67.4 Å². The number of aromatic nitrogens is 2. The van der Waals surface area contributed by atoms with E-state index in [0.717, 1.165) is 40.0 Å². The van der Waals surface area contributed by atoms with Gasteiger partial charge < -0.3 is 15.0 Å². The number of rotatable bonds is 6. The molecule has 184 valence electrons. The zero-order valence-electron chi connectivity index (χ0n) is 19.6. The Hall–Kier alpha value is -3.52. The molecule has 6 nitrogen and oxygen atoms in total. The van der Waals surface area contributed by atoms with Crippen molar-refractivity contribution in [3.05, 3.63) is 100 Å². The summed E-state index contributed by atoms with van der Waals surface area (Å²) in [5, 5.41) is 2.90. The molecule has 0 unspecified atom stereocenters. The third kappa shape index (κ3) is 5.65. The second-order valence-electron chi connectivity index (χ2n) is 8.91. The summed E-state index contributed by atoms with van der Waals surface area (Å²) in [7, 11) is 0. The molecule has 0 saturated carbocycles. The fraction of sp³-hybridized carbons (Fsp3) is 0.250. The van der Waals surface area contributed by atoms with Gasteiger partial charge in [0, 0.05) is 25.6 Å². The van der Waals surface area contributed by atoms with Gasteiger partial charge in [0.15, 0.2) is 0 Å². The van der Waals surface area contributed by atoms with Gasteiger partial charge in [0.1, 0.15) is 22.8 Å². The summed E-state index contributed by atoms with van der Waals surface area (Å²) in [6.07, 6.45) is 0.258. The maximum Gasteiger partial charge on any atom is 0.407 e. The second-order valence-corrected chi connectivity index (χ2v) is 9.72. The van der Waals surface area contributed by atoms with Crippen LogP contribution in [0.3, 0.4) is 0 Å². The molecular formula is C28H26BrFN4O2. The van der Waals surface area contributed by atoms with E-state index in [1.807, 2.05) is 66.7 Å². The third-order valence-corrected chi connectivity index (χ3v) is 7.02. The summed E-state index contributed by atoms with van der Waals surface area (Å²) in [5.74, 6) is 0.568. The highest BCUT2D eigenvalue weighted by Crippen LogP contribution is 2.36. The molecule has 2 aromatic heterocycles. The van der Waals surface area contributed by atoms with Crippen molar-refractivity contribution in [1.29, 1.82) is 0 Å². The lowest BCUT2D eigenvalue weighted by Crippen LogP contribution is -2.45. The van der Waals surface area contributed by atoms with Crippen molar-refractivity contribution in [2.24, 2.45) is 5.92 Å². The Balaban J connectivity index is 1.31. The Morgan fingerprint density at radius 1 is 1.00 bits per heavy atom.